The van der Waals surface area contributed by atoms with E-state index in [1.54, 1.807) is 6.66 Å². The van der Waals surface area contributed by atoms with Crippen LogP contribution in [0.5, 0.6) is 0 Å². The van der Waals surface area contributed by atoms with Crippen LogP contribution in [0.1, 0.15) is 0 Å². The molecule has 4 heteroatoms. The minimum Gasteiger partial charge on any atom is -0.261 e. The molecule has 0 aliphatic carbocycles. The molecule has 1 atom stereocenters. The van der Waals surface area contributed by atoms with Crippen LogP contribution in [0.15, 0.2) is 0 Å². The Morgan fingerprint density at radius 2 is 2.12 bits per heavy atom. The van der Waals surface area contributed by atoms with E-state index < -0.39 is 7.95 Å². The Kier molecular flexibility index (Phi) is 1.25. The minimum atomic E-state index is -1.63. The van der Waals surface area contributed by atoms with E-state index in [1.165, 1.54) is 0 Å². The number of rotatable bonds is 2. The van der Waals surface area contributed by atoms with Gasteiger partial charge in [0.1, 0.15) is 13.1 Å². The van der Waals surface area contributed by atoms with Crippen molar-refractivity contribution in [2.24, 2.45) is 0 Å². The molecule has 0 N–H and O–H groups in total. The fourth-order valence-corrected chi connectivity index (χ4v) is 1.48. The first kappa shape index (κ1) is 5.99. The highest BCUT2D eigenvalue weighted by molar-refractivity contribution is 7.37. The molecule has 1 fully saturated rings. The molecule has 1 saturated heterocycles. The first-order valence-electron chi connectivity index (χ1n) is 2.55. The van der Waals surface area contributed by atoms with Crippen molar-refractivity contribution in [3.05, 3.63) is 0 Å². The number of hydrogen-bond donors (Lipinski definition) is 0. The van der Waals surface area contributed by atoms with Gasteiger partial charge in [0.2, 0.25) is 7.95 Å². The van der Waals surface area contributed by atoms with Crippen LogP contribution in [-0.2, 0) is 9.36 Å². The number of quaternary nitrogens is 1. The van der Waals surface area contributed by atoms with Gasteiger partial charge in [-0.25, -0.2) is 9.05 Å². The van der Waals surface area contributed by atoms with Crippen molar-refractivity contribution >= 4 is 14.4 Å². The van der Waals surface area contributed by atoms with Crippen molar-refractivity contribution in [1.29, 1.82) is 0 Å². The minimum absolute atomic E-state index is 0.241. The summed E-state index contributed by atoms with van der Waals surface area (Å²) < 4.78 is 10.9. The quantitative estimate of drug-likeness (QED) is 0.304. The van der Waals surface area contributed by atoms with Gasteiger partial charge in [0, 0.05) is 6.66 Å². The Morgan fingerprint density at radius 3 is 2.12 bits per heavy atom. The van der Waals surface area contributed by atoms with Crippen molar-refractivity contribution in [3.63, 3.8) is 0 Å². The smallest absolute Gasteiger partial charge is 0.261 e. The van der Waals surface area contributed by atoms with Gasteiger partial charge in [0.15, 0.2) is 0 Å². The first-order chi connectivity index (χ1) is 3.71. The van der Waals surface area contributed by atoms with Crippen molar-refractivity contribution in [3.8, 4) is 0 Å². The molecule has 0 radical (unpaired) electrons. The second-order valence-corrected chi connectivity index (χ2v) is 4.03. The van der Waals surface area contributed by atoms with Gasteiger partial charge >= 0.3 is 6.41 Å². The highest BCUT2D eigenvalue weighted by Crippen LogP contribution is 2.39. The van der Waals surface area contributed by atoms with Crippen molar-refractivity contribution in [2.75, 3.05) is 19.8 Å². The number of hydrogen-bond acceptors (Lipinski definition) is 2. The van der Waals surface area contributed by atoms with Crippen molar-refractivity contribution in [1.82, 2.24) is 0 Å². The molecule has 0 aromatic rings. The zero-order valence-electron chi connectivity index (χ0n) is 4.76. The number of carbonyl (C=O) groups excluding carboxylic acids is 1. The lowest BCUT2D eigenvalue weighted by Gasteiger charge is -2.01. The maximum atomic E-state index is 10.7. The standard InChI is InChI=1S/C4H9NO2P/c1-8(7)5(4-6)2-3-5/h4,8H,2-3H2,1H3/q+1. The number of carbonyl (C=O) groups is 1. The van der Waals surface area contributed by atoms with Gasteiger partial charge in [-0.15, -0.1) is 0 Å². The third-order valence-corrected chi connectivity index (χ3v) is 3.34. The van der Waals surface area contributed by atoms with Crippen LogP contribution < -0.4 is 0 Å². The molecule has 1 aliphatic heterocycles. The van der Waals surface area contributed by atoms with E-state index >= 15 is 0 Å². The summed E-state index contributed by atoms with van der Waals surface area (Å²) in [6.45, 7) is 3.21. The summed E-state index contributed by atoms with van der Waals surface area (Å²) in [5, 5.41) is 0. The third-order valence-electron chi connectivity index (χ3n) is 1.53. The molecule has 1 rings (SSSR count). The Balaban J connectivity index is 2.66. The van der Waals surface area contributed by atoms with Gasteiger partial charge < -0.3 is 0 Å². The van der Waals surface area contributed by atoms with Crippen LogP contribution in [0.4, 0.5) is 0 Å². The fraction of sp³-hybridized carbons (Fsp3) is 0.750. The van der Waals surface area contributed by atoms with Gasteiger partial charge in [-0.3, -0.25) is 4.57 Å². The predicted molar refractivity (Wildman–Crippen MR) is 31.0 cm³/mol. The zero-order chi connectivity index (χ0) is 6.20. The highest BCUT2D eigenvalue weighted by atomic mass is 31.1. The lowest BCUT2D eigenvalue weighted by Crippen LogP contribution is -2.11. The van der Waals surface area contributed by atoms with Crippen LogP contribution >= 0.6 is 7.95 Å². The van der Waals surface area contributed by atoms with Crippen LogP contribution in [0.2, 0.25) is 0 Å². The van der Waals surface area contributed by atoms with E-state index in [0.29, 0.717) is 0 Å². The normalized spacial score (nSPS) is 26.6. The molecular formula is C4H9NO2P+. The summed E-state index contributed by atoms with van der Waals surface area (Å²) in [6, 6.07) is 0. The molecule has 1 amide bonds. The summed E-state index contributed by atoms with van der Waals surface area (Å²) >= 11 is 0. The van der Waals surface area contributed by atoms with E-state index in [0.717, 1.165) is 19.5 Å². The summed E-state index contributed by atoms with van der Waals surface area (Å²) in [6.07, 6.45) is 0.793. The molecule has 46 valence electrons. The maximum absolute atomic E-state index is 10.7. The molecule has 0 bridgehead atoms. The lowest BCUT2D eigenvalue weighted by atomic mass is 11.0. The lowest BCUT2D eigenvalue weighted by molar-refractivity contribution is -0.563. The van der Waals surface area contributed by atoms with E-state index in [2.05, 4.69) is 0 Å². The Hall–Kier alpha value is -0.140. The summed E-state index contributed by atoms with van der Waals surface area (Å²) in [7, 11) is -1.63. The molecule has 0 aromatic carbocycles. The highest BCUT2D eigenvalue weighted by Gasteiger charge is 2.45. The Morgan fingerprint density at radius 1 is 1.62 bits per heavy atom. The van der Waals surface area contributed by atoms with Crippen molar-refractivity contribution < 1.29 is 13.6 Å². The Bertz CT molecular complexity index is 141. The van der Waals surface area contributed by atoms with Gasteiger partial charge in [-0.1, -0.05) is 0 Å². The average molecular weight is 134 g/mol. The number of nitrogens with zero attached hydrogens (tertiary/aromatic N) is 1. The van der Waals surface area contributed by atoms with Crippen LogP contribution in [0, 0.1) is 0 Å². The topological polar surface area (TPSA) is 34.1 Å². The average Bonchev–Trinajstić information content (AvgIpc) is 2.44. The van der Waals surface area contributed by atoms with E-state index in [9.17, 15) is 9.36 Å². The SMILES string of the molecule is C[PH](=O)[N+]1(C=O)CC1. The largest absolute Gasteiger partial charge is 0.304 e. The van der Waals surface area contributed by atoms with E-state index in [1.807, 2.05) is 0 Å². The fourth-order valence-electron chi connectivity index (χ4n) is 0.602. The van der Waals surface area contributed by atoms with Crippen LogP contribution in [0.25, 0.3) is 0 Å². The van der Waals surface area contributed by atoms with Crippen LogP contribution in [-0.4, -0.2) is 30.4 Å². The van der Waals surface area contributed by atoms with Gasteiger partial charge in [0.05, 0.1) is 0 Å². The molecule has 1 unspecified atom stereocenters. The first-order valence-corrected chi connectivity index (χ1v) is 4.41. The van der Waals surface area contributed by atoms with Gasteiger partial charge in [-0.05, 0) is 0 Å². The molecule has 0 spiro atoms. The van der Waals surface area contributed by atoms with Gasteiger partial charge in [-0.2, -0.15) is 0 Å². The third kappa shape index (κ3) is 0.721. The van der Waals surface area contributed by atoms with E-state index in [-0.39, 0.29) is 4.25 Å². The van der Waals surface area contributed by atoms with Gasteiger partial charge in [0.25, 0.3) is 0 Å². The molecule has 1 aliphatic rings. The molecule has 0 saturated carbocycles. The predicted octanol–water partition coefficient (Wildman–Crippen LogP) is 0.0777. The van der Waals surface area contributed by atoms with E-state index in [4.69, 9.17) is 0 Å². The summed E-state index contributed by atoms with van der Waals surface area (Å²) in [5.41, 5.74) is 0. The summed E-state index contributed by atoms with van der Waals surface area (Å²) in [5.74, 6) is 0. The molecule has 0 aromatic heterocycles. The molecular weight excluding hydrogens is 125 g/mol. The molecule has 3 nitrogen and oxygen atoms in total. The summed E-state index contributed by atoms with van der Waals surface area (Å²) in [4.78, 5) is 10.1. The maximum Gasteiger partial charge on any atom is 0.304 e. The number of amides is 1. The second-order valence-electron chi connectivity index (χ2n) is 2.11. The second kappa shape index (κ2) is 1.67. The zero-order valence-corrected chi connectivity index (χ0v) is 5.76. The monoisotopic (exact) mass is 134 g/mol. The Labute approximate surface area is 48.7 Å². The molecule has 1 heterocycles. The molecule has 8 heavy (non-hydrogen) atoms. The van der Waals surface area contributed by atoms with Crippen LogP contribution in [0.3, 0.4) is 0 Å². The van der Waals surface area contributed by atoms with Crippen molar-refractivity contribution in [2.45, 2.75) is 0 Å².